The minimum absolute atomic E-state index is 0.0366. The van der Waals surface area contributed by atoms with Crippen molar-refractivity contribution in [1.82, 2.24) is 10.3 Å². The third-order valence-electron chi connectivity index (χ3n) is 4.30. The molecule has 6 heteroatoms. The van der Waals surface area contributed by atoms with Crippen molar-refractivity contribution in [2.24, 2.45) is 0 Å². The highest BCUT2D eigenvalue weighted by Gasteiger charge is 2.18. The van der Waals surface area contributed by atoms with Crippen molar-refractivity contribution in [3.05, 3.63) is 40.4 Å². The predicted octanol–water partition coefficient (Wildman–Crippen LogP) is 4.30. The summed E-state index contributed by atoms with van der Waals surface area (Å²) in [6, 6.07) is 7.54. The highest BCUT2D eigenvalue weighted by atomic mass is 32.1. The van der Waals surface area contributed by atoms with Crippen LogP contribution in [0.5, 0.6) is 5.75 Å². The lowest BCUT2D eigenvalue weighted by Crippen LogP contribution is -2.32. The topological polar surface area (TPSA) is 63.2 Å². The van der Waals surface area contributed by atoms with Gasteiger partial charge in [0.2, 0.25) is 0 Å². The lowest BCUT2D eigenvalue weighted by Gasteiger charge is -2.17. The summed E-state index contributed by atoms with van der Waals surface area (Å²) in [6.07, 6.45) is 5.33. The van der Waals surface area contributed by atoms with E-state index in [-0.39, 0.29) is 12.1 Å². The number of amides is 2. The summed E-state index contributed by atoms with van der Waals surface area (Å²) in [5, 5.41) is 6.61. The number of urea groups is 1. The lowest BCUT2D eigenvalue weighted by atomic mass is 10.0. The van der Waals surface area contributed by atoms with Crippen molar-refractivity contribution in [1.29, 1.82) is 0 Å². The SMILES string of the molecule is CCC(NC(=O)Nc1nc2c(s1)CCCC2)c1ccc(OC)cc1. The number of thiazole rings is 1. The first-order valence-corrected chi connectivity index (χ1v) is 9.21. The Kier molecular flexibility index (Phi) is 5.35. The highest BCUT2D eigenvalue weighted by Crippen LogP contribution is 2.29. The molecule has 0 saturated heterocycles. The van der Waals surface area contributed by atoms with Gasteiger partial charge in [-0.25, -0.2) is 9.78 Å². The van der Waals surface area contributed by atoms with Crippen LogP contribution >= 0.6 is 11.3 Å². The van der Waals surface area contributed by atoms with Crippen molar-refractivity contribution in [2.45, 2.75) is 45.1 Å². The molecule has 0 aliphatic heterocycles. The molecule has 1 heterocycles. The summed E-state index contributed by atoms with van der Waals surface area (Å²) in [7, 11) is 1.64. The Bertz CT molecular complexity index is 673. The van der Waals surface area contributed by atoms with E-state index in [0.717, 1.165) is 36.3 Å². The van der Waals surface area contributed by atoms with Gasteiger partial charge in [-0.05, 0) is 49.8 Å². The van der Waals surface area contributed by atoms with E-state index in [4.69, 9.17) is 4.74 Å². The van der Waals surface area contributed by atoms with Crippen LogP contribution in [0.15, 0.2) is 24.3 Å². The van der Waals surface area contributed by atoms with Crippen molar-refractivity contribution >= 4 is 22.5 Å². The number of benzene rings is 1. The largest absolute Gasteiger partial charge is 0.497 e. The van der Waals surface area contributed by atoms with Gasteiger partial charge >= 0.3 is 6.03 Å². The van der Waals surface area contributed by atoms with E-state index in [9.17, 15) is 4.79 Å². The molecule has 1 aromatic heterocycles. The first-order chi connectivity index (χ1) is 11.7. The fourth-order valence-electron chi connectivity index (χ4n) is 2.95. The first kappa shape index (κ1) is 16.8. The van der Waals surface area contributed by atoms with E-state index in [0.29, 0.717) is 5.13 Å². The van der Waals surface area contributed by atoms with Gasteiger partial charge in [0.1, 0.15) is 5.75 Å². The Labute approximate surface area is 146 Å². The number of methoxy groups -OCH3 is 1. The van der Waals surface area contributed by atoms with Crippen molar-refractivity contribution in [2.75, 3.05) is 12.4 Å². The van der Waals surface area contributed by atoms with Crippen LogP contribution < -0.4 is 15.4 Å². The quantitative estimate of drug-likeness (QED) is 0.849. The Morgan fingerprint density at radius 3 is 2.71 bits per heavy atom. The number of ether oxygens (including phenoxy) is 1. The van der Waals surface area contributed by atoms with Crippen molar-refractivity contribution < 1.29 is 9.53 Å². The van der Waals surface area contributed by atoms with Gasteiger partial charge in [-0.2, -0.15) is 0 Å². The van der Waals surface area contributed by atoms with E-state index in [1.807, 2.05) is 24.3 Å². The minimum Gasteiger partial charge on any atom is -0.497 e. The third-order valence-corrected chi connectivity index (χ3v) is 5.37. The number of hydrogen-bond acceptors (Lipinski definition) is 4. The molecule has 5 nitrogen and oxygen atoms in total. The zero-order valence-electron chi connectivity index (χ0n) is 14.1. The fraction of sp³-hybridized carbons (Fsp3) is 0.444. The Morgan fingerprint density at radius 2 is 2.04 bits per heavy atom. The molecule has 1 aliphatic rings. The summed E-state index contributed by atoms with van der Waals surface area (Å²) in [4.78, 5) is 18.2. The number of hydrogen-bond donors (Lipinski definition) is 2. The Hall–Kier alpha value is -2.08. The van der Waals surface area contributed by atoms with E-state index < -0.39 is 0 Å². The average Bonchev–Trinajstić information content (AvgIpc) is 3.02. The molecule has 1 aliphatic carbocycles. The number of nitrogens with one attached hydrogen (secondary N) is 2. The molecular formula is C18H23N3O2S. The molecule has 1 unspecified atom stereocenters. The van der Waals surface area contributed by atoms with Gasteiger partial charge < -0.3 is 10.1 Å². The maximum Gasteiger partial charge on any atom is 0.321 e. The second kappa shape index (κ2) is 7.66. The summed E-state index contributed by atoms with van der Waals surface area (Å²) < 4.78 is 5.18. The molecule has 2 N–H and O–H groups in total. The molecular weight excluding hydrogens is 322 g/mol. The summed E-state index contributed by atoms with van der Waals surface area (Å²) >= 11 is 1.60. The van der Waals surface area contributed by atoms with E-state index in [1.54, 1.807) is 18.4 Å². The van der Waals surface area contributed by atoms with Crippen LogP contribution in [-0.4, -0.2) is 18.1 Å². The molecule has 3 rings (SSSR count). The molecule has 0 bridgehead atoms. The van der Waals surface area contributed by atoms with Gasteiger partial charge in [-0.15, -0.1) is 11.3 Å². The molecule has 1 atom stereocenters. The summed E-state index contributed by atoms with van der Waals surface area (Å²) in [5.74, 6) is 0.812. The summed E-state index contributed by atoms with van der Waals surface area (Å²) in [6.45, 7) is 2.05. The van der Waals surface area contributed by atoms with Crippen LogP contribution in [0.25, 0.3) is 0 Å². The minimum atomic E-state index is -0.205. The van der Waals surface area contributed by atoms with Crippen LogP contribution in [-0.2, 0) is 12.8 Å². The number of carbonyl (C=O) groups excluding carboxylic acids is 1. The number of fused-ring (bicyclic) bond motifs is 1. The number of carbonyl (C=O) groups is 1. The van der Waals surface area contributed by atoms with Crippen molar-refractivity contribution in [3.8, 4) is 5.75 Å². The monoisotopic (exact) mass is 345 g/mol. The number of anilines is 1. The highest BCUT2D eigenvalue weighted by molar-refractivity contribution is 7.15. The van der Waals surface area contributed by atoms with Crippen LogP contribution in [0.4, 0.5) is 9.93 Å². The molecule has 2 amide bonds. The number of aryl methyl sites for hydroxylation is 2. The normalized spacial score (nSPS) is 14.6. The number of aromatic nitrogens is 1. The predicted molar refractivity (Wildman–Crippen MR) is 96.9 cm³/mol. The van der Waals surface area contributed by atoms with Gasteiger partial charge in [0.05, 0.1) is 18.8 Å². The second-order valence-electron chi connectivity index (χ2n) is 5.93. The van der Waals surface area contributed by atoms with Crippen LogP contribution in [0.2, 0.25) is 0 Å². The second-order valence-corrected chi connectivity index (χ2v) is 7.01. The van der Waals surface area contributed by atoms with Gasteiger partial charge in [0.15, 0.2) is 5.13 Å². The lowest BCUT2D eigenvalue weighted by molar-refractivity contribution is 0.248. The van der Waals surface area contributed by atoms with E-state index >= 15 is 0 Å². The number of rotatable bonds is 5. The molecule has 128 valence electrons. The Morgan fingerprint density at radius 1 is 1.29 bits per heavy atom. The van der Waals surface area contributed by atoms with E-state index in [1.165, 1.54) is 17.7 Å². The first-order valence-electron chi connectivity index (χ1n) is 8.39. The molecule has 0 spiro atoms. The van der Waals surface area contributed by atoms with Crippen LogP contribution in [0.3, 0.4) is 0 Å². The molecule has 24 heavy (non-hydrogen) atoms. The average molecular weight is 345 g/mol. The molecule has 0 saturated carbocycles. The maximum atomic E-state index is 12.3. The smallest absolute Gasteiger partial charge is 0.321 e. The molecule has 1 aromatic carbocycles. The standard InChI is InChI=1S/C18H23N3O2S/c1-3-14(12-8-10-13(23-2)11-9-12)19-17(22)21-18-20-15-6-4-5-7-16(15)24-18/h8-11,14H,3-7H2,1-2H3,(H2,19,20,21,22). The van der Waals surface area contributed by atoms with Gasteiger partial charge in [0, 0.05) is 4.88 Å². The van der Waals surface area contributed by atoms with E-state index in [2.05, 4.69) is 22.5 Å². The summed E-state index contributed by atoms with van der Waals surface area (Å²) in [5.41, 5.74) is 2.22. The van der Waals surface area contributed by atoms with Gasteiger partial charge in [-0.3, -0.25) is 5.32 Å². The van der Waals surface area contributed by atoms with Gasteiger partial charge in [-0.1, -0.05) is 19.1 Å². The van der Waals surface area contributed by atoms with Crippen LogP contribution in [0.1, 0.15) is 48.4 Å². The van der Waals surface area contributed by atoms with Crippen molar-refractivity contribution in [3.63, 3.8) is 0 Å². The van der Waals surface area contributed by atoms with Crippen LogP contribution in [0, 0.1) is 0 Å². The number of nitrogens with zero attached hydrogens (tertiary/aromatic N) is 1. The fourth-order valence-corrected chi connectivity index (χ4v) is 4.00. The maximum absolute atomic E-state index is 12.3. The molecule has 0 fully saturated rings. The zero-order chi connectivity index (χ0) is 16.9. The molecule has 0 radical (unpaired) electrons. The van der Waals surface area contributed by atoms with Gasteiger partial charge in [0.25, 0.3) is 0 Å². The molecule has 2 aromatic rings. The zero-order valence-corrected chi connectivity index (χ0v) is 14.9. The Balaban J connectivity index is 1.62. The third kappa shape index (κ3) is 3.87.